The first-order valence-electron chi connectivity index (χ1n) is 8.14. The summed E-state index contributed by atoms with van der Waals surface area (Å²) in [5, 5.41) is 15.3. The zero-order valence-electron chi connectivity index (χ0n) is 14.2. The first kappa shape index (κ1) is 18.7. The molecule has 0 aliphatic rings. The quantitative estimate of drug-likeness (QED) is 0.482. The van der Waals surface area contributed by atoms with E-state index in [1.807, 2.05) is 24.3 Å². The summed E-state index contributed by atoms with van der Waals surface area (Å²) in [5.74, 6) is -1.01. The summed E-state index contributed by atoms with van der Waals surface area (Å²) in [6.45, 7) is 0. The number of nitrogens with zero attached hydrogens (tertiary/aromatic N) is 2. The number of benzene rings is 3. The second kappa shape index (κ2) is 7.39. The van der Waals surface area contributed by atoms with Crippen molar-refractivity contribution in [3.8, 4) is 5.69 Å². The number of carboxylic acids is 1. The molecule has 0 fully saturated rings. The van der Waals surface area contributed by atoms with Crippen molar-refractivity contribution in [2.75, 3.05) is 0 Å². The minimum Gasteiger partial charge on any atom is -0.478 e. The van der Waals surface area contributed by atoms with Gasteiger partial charge < -0.3 is 5.11 Å². The first-order chi connectivity index (χ1) is 13.5. The fraction of sp³-hybridized carbons (Fsp3) is 0. The van der Waals surface area contributed by atoms with E-state index in [0.29, 0.717) is 31.0 Å². The van der Waals surface area contributed by atoms with Crippen LogP contribution in [-0.4, -0.2) is 25.1 Å². The van der Waals surface area contributed by atoms with Crippen molar-refractivity contribution in [1.82, 2.24) is 9.78 Å². The third-order valence-electron chi connectivity index (χ3n) is 4.19. The summed E-state index contributed by atoms with van der Waals surface area (Å²) in [6, 6.07) is 18.6. The van der Waals surface area contributed by atoms with Gasteiger partial charge in [-0.05, 0) is 48.5 Å². The summed E-state index contributed by atoms with van der Waals surface area (Å²) in [6.07, 6.45) is 0. The predicted molar refractivity (Wildman–Crippen MR) is 109 cm³/mol. The number of para-hydroxylation sites is 1. The predicted octanol–water partition coefficient (Wildman–Crippen LogP) is 5.20. The van der Waals surface area contributed by atoms with Gasteiger partial charge in [0.05, 0.1) is 31.7 Å². The van der Waals surface area contributed by atoms with Crippen LogP contribution in [-0.2, 0) is 10.8 Å². The van der Waals surface area contributed by atoms with Gasteiger partial charge in [-0.3, -0.25) is 0 Å². The molecular weight excluding hydrogens is 419 g/mol. The summed E-state index contributed by atoms with van der Waals surface area (Å²) < 4.78 is 14.9. The molecule has 1 heterocycles. The number of fused-ring (bicyclic) bond motifs is 1. The van der Waals surface area contributed by atoms with Gasteiger partial charge in [0.2, 0.25) is 0 Å². The number of carbonyl (C=O) groups is 1. The van der Waals surface area contributed by atoms with E-state index in [1.165, 1.54) is 12.1 Å². The molecule has 4 aromatic rings. The fourth-order valence-corrected chi connectivity index (χ4v) is 4.90. The van der Waals surface area contributed by atoms with Crippen LogP contribution in [0.3, 0.4) is 0 Å². The van der Waals surface area contributed by atoms with Crippen LogP contribution < -0.4 is 0 Å². The minimum atomic E-state index is -1.70. The maximum absolute atomic E-state index is 13.3. The zero-order chi connectivity index (χ0) is 19.8. The number of hydrogen-bond donors (Lipinski definition) is 1. The largest absolute Gasteiger partial charge is 0.478 e. The van der Waals surface area contributed by atoms with Crippen molar-refractivity contribution in [3.63, 3.8) is 0 Å². The van der Waals surface area contributed by atoms with Crippen LogP contribution in [0.5, 0.6) is 0 Å². The molecule has 0 aliphatic heterocycles. The average Bonchev–Trinajstić information content (AvgIpc) is 3.07. The van der Waals surface area contributed by atoms with Gasteiger partial charge in [-0.1, -0.05) is 41.4 Å². The lowest BCUT2D eigenvalue weighted by Gasteiger charge is -2.05. The van der Waals surface area contributed by atoms with Crippen LogP contribution in [0.1, 0.15) is 10.4 Å². The molecular formula is C20H12Cl2N2O3S. The molecule has 0 radical (unpaired) electrons. The Morgan fingerprint density at radius 2 is 1.57 bits per heavy atom. The van der Waals surface area contributed by atoms with Gasteiger partial charge in [0.25, 0.3) is 0 Å². The van der Waals surface area contributed by atoms with Gasteiger partial charge in [0, 0.05) is 5.39 Å². The molecule has 1 N–H and O–H groups in total. The Morgan fingerprint density at radius 3 is 2.21 bits per heavy atom. The van der Waals surface area contributed by atoms with Crippen LogP contribution in [0.15, 0.2) is 76.7 Å². The van der Waals surface area contributed by atoms with E-state index in [-0.39, 0.29) is 5.56 Å². The molecule has 4 rings (SSSR count). The third-order valence-corrected chi connectivity index (χ3v) is 6.51. The van der Waals surface area contributed by atoms with Gasteiger partial charge in [0.1, 0.15) is 10.8 Å². The van der Waals surface area contributed by atoms with Gasteiger partial charge >= 0.3 is 5.97 Å². The van der Waals surface area contributed by atoms with Crippen LogP contribution >= 0.6 is 23.2 Å². The highest BCUT2D eigenvalue weighted by Gasteiger charge is 2.22. The smallest absolute Gasteiger partial charge is 0.335 e. The van der Waals surface area contributed by atoms with Gasteiger partial charge in [0.15, 0.2) is 5.03 Å². The molecule has 0 bridgehead atoms. The maximum Gasteiger partial charge on any atom is 0.335 e. The Bertz CT molecular complexity index is 1220. The van der Waals surface area contributed by atoms with E-state index in [1.54, 1.807) is 35.0 Å². The molecule has 5 nitrogen and oxygen atoms in total. The third kappa shape index (κ3) is 3.20. The monoisotopic (exact) mass is 430 g/mol. The standard InChI is InChI=1S/C20H12Cl2N2O3S/c21-15-5-3-6-16(22)18(15)28(27)19-14-4-1-2-7-17(14)24(23-19)13-10-8-12(9-11-13)20(25)26/h1-11H,(H,25,26). The lowest BCUT2D eigenvalue weighted by molar-refractivity contribution is 0.0697. The molecule has 1 unspecified atom stereocenters. The zero-order valence-corrected chi connectivity index (χ0v) is 16.5. The Morgan fingerprint density at radius 1 is 0.929 bits per heavy atom. The molecule has 140 valence electrons. The van der Waals surface area contributed by atoms with Crippen molar-refractivity contribution >= 4 is 50.9 Å². The molecule has 8 heteroatoms. The molecule has 3 aromatic carbocycles. The highest BCUT2D eigenvalue weighted by molar-refractivity contribution is 7.85. The van der Waals surface area contributed by atoms with E-state index in [0.717, 1.165) is 5.52 Å². The number of aromatic carboxylic acids is 1. The van der Waals surface area contributed by atoms with Crippen molar-refractivity contribution < 1.29 is 14.1 Å². The topological polar surface area (TPSA) is 72.2 Å². The second-order valence-corrected chi connectivity index (χ2v) is 8.05. The number of carboxylic acid groups (broad SMARTS) is 1. The molecule has 0 saturated carbocycles. The first-order valence-corrected chi connectivity index (χ1v) is 10.0. The molecule has 0 amide bonds. The van der Waals surface area contributed by atoms with E-state index < -0.39 is 16.8 Å². The Hall–Kier alpha value is -2.67. The maximum atomic E-state index is 13.3. The van der Waals surface area contributed by atoms with Gasteiger partial charge in [-0.2, -0.15) is 5.10 Å². The Kier molecular flexibility index (Phi) is 4.93. The molecule has 1 aromatic heterocycles. The summed E-state index contributed by atoms with van der Waals surface area (Å²) in [4.78, 5) is 11.4. The summed E-state index contributed by atoms with van der Waals surface area (Å²) in [5.41, 5.74) is 1.55. The number of rotatable bonds is 4. The molecule has 0 aliphatic carbocycles. The fourth-order valence-electron chi connectivity index (χ4n) is 2.87. The van der Waals surface area contributed by atoms with Gasteiger partial charge in [-0.15, -0.1) is 0 Å². The normalized spacial score (nSPS) is 12.2. The molecule has 28 heavy (non-hydrogen) atoms. The van der Waals surface area contributed by atoms with Crippen molar-refractivity contribution in [1.29, 1.82) is 0 Å². The number of halogens is 2. The van der Waals surface area contributed by atoms with E-state index in [2.05, 4.69) is 5.10 Å². The van der Waals surface area contributed by atoms with Crippen LogP contribution in [0.4, 0.5) is 0 Å². The number of aromatic nitrogens is 2. The van der Waals surface area contributed by atoms with Crippen LogP contribution in [0.2, 0.25) is 10.0 Å². The molecule has 0 saturated heterocycles. The van der Waals surface area contributed by atoms with E-state index in [9.17, 15) is 9.00 Å². The minimum absolute atomic E-state index is 0.173. The van der Waals surface area contributed by atoms with Crippen molar-refractivity contribution in [3.05, 3.63) is 82.3 Å². The number of hydrogen-bond acceptors (Lipinski definition) is 3. The van der Waals surface area contributed by atoms with E-state index in [4.69, 9.17) is 28.3 Å². The lowest BCUT2D eigenvalue weighted by Crippen LogP contribution is -2.01. The van der Waals surface area contributed by atoms with E-state index >= 15 is 0 Å². The van der Waals surface area contributed by atoms with Crippen molar-refractivity contribution in [2.24, 2.45) is 0 Å². The molecule has 0 spiro atoms. The molecule has 1 atom stereocenters. The lowest BCUT2D eigenvalue weighted by atomic mass is 10.2. The van der Waals surface area contributed by atoms with Crippen molar-refractivity contribution in [2.45, 2.75) is 9.92 Å². The average molecular weight is 431 g/mol. The SMILES string of the molecule is O=C(O)c1ccc(-n2nc(S(=O)c3c(Cl)cccc3Cl)c3ccccc32)cc1. The highest BCUT2D eigenvalue weighted by atomic mass is 35.5. The van der Waals surface area contributed by atoms with Crippen LogP contribution in [0.25, 0.3) is 16.6 Å². The summed E-state index contributed by atoms with van der Waals surface area (Å²) in [7, 11) is -1.70. The second-order valence-electron chi connectivity index (χ2n) is 5.91. The Balaban J connectivity index is 1.90. The summed E-state index contributed by atoms with van der Waals surface area (Å²) >= 11 is 12.5. The Labute approximate surface area is 172 Å². The highest BCUT2D eigenvalue weighted by Crippen LogP contribution is 2.34. The van der Waals surface area contributed by atoms with Gasteiger partial charge in [-0.25, -0.2) is 13.7 Å². The van der Waals surface area contributed by atoms with Crippen LogP contribution in [0, 0.1) is 0 Å².